The van der Waals surface area contributed by atoms with Gasteiger partial charge in [0.2, 0.25) is 0 Å². The van der Waals surface area contributed by atoms with Crippen molar-refractivity contribution in [1.82, 2.24) is 14.6 Å². The van der Waals surface area contributed by atoms with Gasteiger partial charge in [-0.25, -0.2) is 14.7 Å². The van der Waals surface area contributed by atoms with Gasteiger partial charge in [-0.05, 0) is 57.7 Å². The Bertz CT molecular complexity index is 1140. The predicted octanol–water partition coefficient (Wildman–Crippen LogP) is 5.20. The van der Waals surface area contributed by atoms with Crippen molar-refractivity contribution in [3.8, 4) is 6.07 Å². The van der Waals surface area contributed by atoms with E-state index < -0.39 is 11.7 Å². The van der Waals surface area contributed by atoms with Crippen molar-refractivity contribution in [2.45, 2.75) is 45.1 Å². The summed E-state index contributed by atoms with van der Waals surface area (Å²) in [7, 11) is 0. The molecule has 0 unspecified atom stereocenters. The maximum atomic E-state index is 13.2. The molecule has 0 bridgehead atoms. The highest BCUT2D eigenvalue weighted by Crippen LogP contribution is 2.42. The molecule has 0 N–H and O–H groups in total. The molecular weight excluding hydrogens is 390 g/mol. The van der Waals surface area contributed by atoms with E-state index in [4.69, 9.17) is 16.3 Å². The van der Waals surface area contributed by atoms with Gasteiger partial charge in [-0.3, -0.25) is 0 Å². The van der Waals surface area contributed by atoms with Crippen LogP contribution in [0, 0.1) is 11.3 Å². The van der Waals surface area contributed by atoms with E-state index in [2.05, 4.69) is 16.2 Å². The summed E-state index contributed by atoms with van der Waals surface area (Å²) in [4.78, 5) is 19.0. The number of ether oxygens (including phenoxy) is 1. The third-order valence-corrected chi connectivity index (χ3v) is 4.70. The van der Waals surface area contributed by atoms with Gasteiger partial charge in [-0.15, -0.1) is 0 Å². The molecule has 0 aliphatic heterocycles. The van der Waals surface area contributed by atoms with E-state index in [0.717, 1.165) is 18.4 Å². The number of anilines is 2. The highest BCUT2D eigenvalue weighted by molar-refractivity contribution is 6.29. The number of benzene rings is 1. The first-order valence-electron chi connectivity index (χ1n) is 9.34. The van der Waals surface area contributed by atoms with E-state index in [-0.39, 0.29) is 5.15 Å². The van der Waals surface area contributed by atoms with Gasteiger partial charge in [0.25, 0.3) is 0 Å². The Morgan fingerprint density at radius 1 is 1.34 bits per heavy atom. The van der Waals surface area contributed by atoms with Crippen molar-refractivity contribution in [2.75, 3.05) is 4.90 Å². The lowest BCUT2D eigenvalue weighted by molar-refractivity contribution is 0.0597. The van der Waals surface area contributed by atoms with Gasteiger partial charge in [0, 0.05) is 11.6 Å². The van der Waals surface area contributed by atoms with E-state index in [1.807, 2.05) is 0 Å². The number of amides is 1. The zero-order valence-electron chi connectivity index (χ0n) is 16.4. The summed E-state index contributed by atoms with van der Waals surface area (Å²) in [6.45, 7) is 5.38. The molecule has 8 heteroatoms. The Kier molecular flexibility index (Phi) is 4.67. The molecule has 2 aromatic heterocycles. The summed E-state index contributed by atoms with van der Waals surface area (Å²) in [6.07, 6.45) is 3.36. The zero-order chi connectivity index (χ0) is 20.8. The van der Waals surface area contributed by atoms with E-state index in [0.29, 0.717) is 28.6 Å². The molecule has 4 rings (SSSR count). The Morgan fingerprint density at radius 2 is 2.10 bits per heavy atom. The Balaban J connectivity index is 1.91. The average Bonchev–Trinajstić information content (AvgIpc) is 3.40. The summed E-state index contributed by atoms with van der Waals surface area (Å²) in [6, 6.07) is 10.4. The third-order valence-electron chi connectivity index (χ3n) is 4.50. The smallest absolute Gasteiger partial charge is 0.420 e. The van der Waals surface area contributed by atoms with Crippen LogP contribution < -0.4 is 4.90 Å². The van der Waals surface area contributed by atoms with Crippen LogP contribution in [0.25, 0.3) is 5.65 Å². The second-order valence-electron chi connectivity index (χ2n) is 8.02. The molecule has 1 aromatic carbocycles. The largest absolute Gasteiger partial charge is 0.443 e. The van der Waals surface area contributed by atoms with E-state index in [1.165, 1.54) is 4.90 Å². The van der Waals surface area contributed by atoms with Gasteiger partial charge in [0.05, 0.1) is 23.5 Å². The molecule has 0 spiro atoms. The van der Waals surface area contributed by atoms with E-state index in [9.17, 15) is 10.1 Å². The fraction of sp³-hybridized carbons (Fsp3) is 0.333. The van der Waals surface area contributed by atoms with Crippen LogP contribution in [0.15, 0.2) is 36.5 Å². The molecule has 1 aliphatic rings. The number of fused-ring (bicyclic) bond motifs is 1. The maximum Gasteiger partial charge on any atom is 0.420 e. The minimum Gasteiger partial charge on any atom is -0.443 e. The lowest BCUT2D eigenvalue weighted by Gasteiger charge is -2.27. The van der Waals surface area contributed by atoms with Crippen molar-refractivity contribution in [3.63, 3.8) is 0 Å². The predicted molar refractivity (Wildman–Crippen MR) is 110 cm³/mol. The fourth-order valence-corrected chi connectivity index (χ4v) is 3.31. The molecule has 1 aliphatic carbocycles. The van der Waals surface area contributed by atoms with Gasteiger partial charge >= 0.3 is 6.09 Å². The highest BCUT2D eigenvalue weighted by Gasteiger charge is 2.31. The van der Waals surface area contributed by atoms with Crippen molar-refractivity contribution in [3.05, 3.63) is 52.8 Å². The van der Waals surface area contributed by atoms with Gasteiger partial charge < -0.3 is 4.74 Å². The quantitative estimate of drug-likeness (QED) is 0.555. The molecule has 29 heavy (non-hydrogen) atoms. The number of hydrogen-bond acceptors (Lipinski definition) is 5. The number of halogens is 1. The first-order valence-corrected chi connectivity index (χ1v) is 9.72. The van der Waals surface area contributed by atoms with Crippen LogP contribution in [-0.4, -0.2) is 26.3 Å². The summed E-state index contributed by atoms with van der Waals surface area (Å²) < 4.78 is 7.24. The summed E-state index contributed by atoms with van der Waals surface area (Å²) in [5, 5.41) is 14.0. The van der Waals surface area contributed by atoms with Gasteiger partial charge in [0.15, 0.2) is 5.65 Å². The standard InChI is InChI=1S/C21H20ClN5O2/c1-21(2,3)29-20(28)26(15-6-4-5-13(9-15)11-23)18-10-17(22)25-19-16(14-7-8-14)12-24-27(18)19/h4-6,9-10,12,14H,7-8H2,1-3H3. The van der Waals surface area contributed by atoms with Crippen LogP contribution in [0.3, 0.4) is 0 Å². The van der Waals surface area contributed by atoms with E-state index >= 15 is 0 Å². The normalized spacial score (nSPS) is 13.9. The van der Waals surface area contributed by atoms with Gasteiger partial charge in [-0.2, -0.15) is 14.9 Å². The number of aromatic nitrogens is 3. The average molecular weight is 410 g/mol. The molecule has 3 aromatic rings. The number of hydrogen-bond donors (Lipinski definition) is 0. The Labute approximate surface area is 173 Å². The SMILES string of the molecule is CC(C)(C)OC(=O)N(c1cccc(C#N)c1)c1cc(Cl)nc2c(C3CC3)cnn12. The maximum absolute atomic E-state index is 13.2. The number of carbonyl (C=O) groups excluding carboxylic acids is 1. The second kappa shape index (κ2) is 7.05. The van der Waals surface area contributed by atoms with Gasteiger partial charge in [-0.1, -0.05) is 17.7 Å². The van der Waals surface area contributed by atoms with Crippen LogP contribution in [0.1, 0.15) is 50.7 Å². The first kappa shape index (κ1) is 19.2. The fourth-order valence-electron chi connectivity index (χ4n) is 3.13. The van der Waals surface area contributed by atoms with Crippen LogP contribution >= 0.6 is 11.6 Å². The first-order chi connectivity index (χ1) is 13.8. The molecule has 1 fully saturated rings. The Morgan fingerprint density at radius 3 is 2.76 bits per heavy atom. The van der Waals surface area contributed by atoms with Crippen LogP contribution in [0.2, 0.25) is 5.15 Å². The third kappa shape index (κ3) is 3.89. The van der Waals surface area contributed by atoms with Crippen molar-refractivity contribution in [2.24, 2.45) is 0 Å². The summed E-state index contributed by atoms with van der Waals surface area (Å²) in [5.74, 6) is 0.819. The lowest BCUT2D eigenvalue weighted by Crippen LogP contribution is -2.35. The van der Waals surface area contributed by atoms with Crippen molar-refractivity contribution >= 4 is 34.8 Å². The molecule has 1 amide bonds. The second-order valence-corrected chi connectivity index (χ2v) is 8.41. The molecule has 0 radical (unpaired) electrons. The minimum atomic E-state index is -0.707. The molecule has 0 saturated heterocycles. The monoisotopic (exact) mass is 409 g/mol. The van der Waals surface area contributed by atoms with Gasteiger partial charge in [0.1, 0.15) is 16.6 Å². The summed E-state index contributed by atoms with van der Waals surface area (Å²) in [5.41, 5.74) is 1.84. The number of nitriles is 1. The molecule has 1 saturated carbocycles. The van der Waals surface area contributed by atoms with Crippen molar-refractivity contribution in [1.29, 1.82) is 5.26 Å². The summed E-state index contributed by atoms with van der Waals surface area (Å²) >= 11 is 6.32. The topological polar surface area (TPSA) is 83.5 Å². The van der Waals surface area contributed by atoms with Crippen LogP contribution in [-0.2, 0) is 4.74 Å². The molecule has 0 atom stereocenters. The highest BCUT2D eigenvalue weighted by atomic mass is 35.5. The van der Waals surface area contributed by atoms with E-state index in [1.54, 1.807) is 61.8 Å². The number of rotatable bonds is 3. The van der Waals surface area contributed by atoms with Crippen LogP contribution in [0.5, 0.6) is 0 Å². The number of carbonyl (C=O) groups is 1. The molecular formula is C21H20ClN5O2. The Hall–Kier alpha value is -3.11. The molecule has 148 valence electrons. The zero-order valence-corrected chi connectivity index (χ0v) is 17.1. The van der Waals surface area contributed by atoms with Crippen LogP contribution in [0.4, 0.5) is 16.3 Å². The lowest BCUT2D eigenvalue weighted by atomic mass is 10.2. The molecule has 2 heterocycles. The number of nitrogens with zero attached hydrogens (tertiary/aromatic N) is 5. The molecule has 7 nitrogen and oxygen atoms in total. The minimum absolute atomic E-state index is 0.250. The van der Waals surface area contributed by atoms with Crippen molar-refractivity contribution < 1.29 is 9.53 Å².